The van der Waals surface area contributed by atoms with E-state index in [0.717, 1.165) is 0 Å². The first kappa shape index (κ1) is 11.6. The van der Waals surface area contributed by atoms with E-state index in [9.17, 15) is 4.39 Å². The van der Waals surface area contributed by atoms with Gasteiger partial charge in [0, 0.05) is 12.3 Å². The summed E-state index contributed by atoms with van der Waals surface area (Å²) in [6.45, 7) is 0. The largest absolute Gasteiger partial charge is 0.456 e. The van der Waals surface area contributed by atoms with Crippen molar-refractivity contribution >= 4 is 15.9 Å². The Labute approximate surface area is 106 Å². The van der Waals surface area contributed by atoms with E-state index < -0.39 is 0 Å². The zero-order valence-electron chi connectivity index (χ0n) is 8.52. The van der Waals surface area contributed by atoms with E-state index in [1.807, 2.05) is 6.07 Å². The van der Waals surface area contributed by atoms with E-state index in [-0.39, 0.29) is 11.5 Å². The maximum Gasteiger partial charge on any atom is 0.144 e. The molecule has 5 heteroatoms. The number of nitrogens with zero attached hydrogens (tertiary/aromatic N) is 2. The van der Waals surface area contributed by atoms with Crippen molar-refractivity contribution in [1.82, 2.24) is 4.98 Å². The van der Waals surface area contributed by atoms with Gasteiger partial charge in [-0.25, -0.2) is 9.37 Å². The van der Waals surface area contributed by atoms with Gasteiger partial charge in [-0.2, -0.15) is 5.26 Å². The fraction of sp³-hybridized carbons (Fsp3) is 0. The molecular formula is C12H6BrFN2O. The normalized spacial score (nSPS) is 9.71. The van der Waals surface area contributed by atoms with Gasteiger partial charge in [-0.15, -0.1) is 0 Å². The highest BCUT2D eigenvalue weighted by Gasteiger charge is 2.05. The second kappa shape index (κ2) is 4.93. The Bertz CT molecular complexity index is 595. The molecule has 0 atom stereocenters. The molecule has 0 saturated carbocycles. The molecule has 0 fully saturated rings. The van der Waals surface area contributed by atoms with Crippen LogP contribution < -0.4 is 4.74 Å². The van der Waals surface area contributed by atoms with Gasteiger partial charge in [0.05, 0.1) is 4.47 Å². The summed E-state index contributed by atoms with van der Waals surface area (Å²) in [5.41, 5.74) is 0.265. The number of benzene rings is 1. The first-order valence-corrected chi connectivity index (χ1v) is 5.47. The summed E-state index contributed by atoms with van der Waals surface area (Å²) in [4.78, 5) is 3.82. The van der Waals surface area contributed by atoms with Crippen LogP contribution >= 0.6 is 15.9 Å². The number of aromatic nitrogens is 1. The third-order valence-electron chi connectivity index (χ3n) is 1.97. The maximum atomic E-state index is 12.9. The summed E-state index contributed by atoms with van der Waals surface area (Å²) in [7, 11) is 0. The summed E-state index contributed by atoms with van der Waals surface area (Å²) in [5.74, 6) is 0.599. The number of nitriles is 1. The molecule has 0 bridgehead atoms. The fourth-order valence-electron chi connectivity index (χ4n) is 1.22. The first-order chi connectivity index (χ1) is 8.19. The van der Waals surface area contributed by atoms with Crippen LogP contribution in [-0.2, 0) is 0 Å². The number of pyridine rings is 1. The van der Waals surface area contributed by atoms with Crippen LogP contribution in [0.25, 0.3) is 0 Å². The molecule has 2 rings (SSSR count). The quantitative estimate of drug-likeness (QED) is 0.849. The predicted molar refractivity (Wildman–Crippen MR) is 63.1 cm³/mol. The van der Waals surface area contributed by atoms with Crippen molar-refractivity contribution in [3.63, 3.8) is 0 Å². The van der Waals surface area contributed by atoms with Crippen molar-refractivity contribution in [3.8, 4) is 17.6 Å². The Morgan fingerprint density at radius 3 is 2.82 bits per heavy atom. The van der Waals surface area contributed by atoms with Crippen molar-refractivity contribution in [3.05, 3.63) is 52.5 Å². The highest BCUT2D eigenvalue weighted by atomic mass is 79.9. The lowest BCUT2D eigenvalue weighted by atomic mass is 10.3. The third kappa shape index (κ3) is 2.80. The minimum absolute atomic E-state index is 0.265. The summed E-state index contributed by atoms with van der Waals surface area (Å²) < 4.78 is 18.9. The van der Waals surface area contributed by atoms with Crippen molar-refractivity contribution < 1.29 is 9.13 Å². The van der Waals surface area contributed by atoms with Gasteiger partial charge in [-0.1, -0.05) is 0 Å². The molecule has 0 N–H and O–H groups in total. The lowest BCUT2D eigenvalue weighted by molar-refractivity contribution is 0.476. The SMILES string of the molecule is N#Cc1cc(Oc2ccc(F)cc2Br)ccn1. The lowest BCUT2D eigenvalue weighted by Crippen LogP contribution is -1.88. The molecule has 0 aliphatic carbocycles. The standard InChI is InChI=1S/C12H6BrFN2O/c13-11-5-8(14)1-2-12(11)17-10-3-4-16-9(6-10)7-15/h1-6H. The van der Waals surface area contributed by atoms with Gasteiger partial charge in [0.25, 0.3) is 0 Å². The van der Waals surface area contributed by atoms with Gasteiger partial charge >= 0.3 is 0 Å². The van der Waals surface area contributed by atoms with E-state index in [0.29, 0.717) is 16.0 Å². The summed E-state index contributed by atoms with van der Waals surface area (Å²) in [6, 6.07) is 9.16. The molecule has 1 aromatic heterocycles. The number of halogens is 2. The van der Waals surface area contributed by atoms with E-state index in [1.54, 1.807) is 6.07 Å². The molecule has 17 heavy (non-hydrogen) atoms. The fourth-order valence-corrected chi connectivity index (χ4v) is 1.65. The van der Waals surface area contributed by atoms with Crippen LogP contribution in [0.4, 0.5) is 4.39 Å². The Kier molecular flexibility index (Phi) is 3.35. The molecule has 0 aliphatic rings. The lowest BCUT2D eigenvalue weighted by Gasteiger charge is -2.07. The van der Waals surface area contributed by atoms with Crippen molar-refractivity contribution in [2.45, 2.75) is 0 Å². The monoisotopic (exact) mass is 292 g/mol. The zero-order chi connectivity index (χ0) is 12.3. The summed E-state index contributed by atoms with van der Waals surface area (Å²) in [6.07, 6.45) is 1.48. The maximum absolute atomic E-state index is 12.9. The summed E-state index contributed by atoms with van der Waals surface area (Å²) >= 11 is 3.19. The van der Waals surface area contributed by atoms with Crippen molar-refractivity contribution in [2.24, 2.45) is 0 Å². The van der Waals surface area contributed by atoms with Crippen molar-refractivity contribution in [2.75, 3.05) is 0 Å². The van der Waals surface area contributed by atoms with Gasteiger partial charge in [0.15, 0.2) is 0 Å². The van der Waals surface area contributed by atoms with Crippen LogP contribution in [0.2, 0.25) is 0 Å². The molecular weight excluding hydrogens is 287 g/mol. The topological polar surface area (TPSA) is 45.9 Å². The summed E-state index contributed by atoms with van der Waals surface area (Å²) in [5, 5.41) is 8.69. The van der Waals surface area contributed by atoms with Gasteiger partial charge < -0.3 is 4.74 Å². The molecule has 84 valence electrons. The Balaban J connectivity index is 2.28. The van der Waals surface area contributed by atoms with Crippen LogP contribution in [0.5, 0.6) is 11.5 Å². The van der Waals surface area contributed by atoms with E-state index in [2.05, 4.69) is 20.9 Å². The van der Waals surface area contributed by atoms with E-state index in [4.69, 9.17) is 10.00 Å². The zero-order valence-corrected chi connectivity index (χ0v) is 10.1. The molecule has 3 nitrogen and oxygen atoms in total. The average molecular weight is 293 g/mol. The average Bonchev–Trinajstić information content (AvgIpc) is 2.33. The first-order valence-electron chi connectivity index (χ1n) is 4.68. The number of rotatable bonds is 2. The number of hydrogen-bond acceptors (Lipinski definition) is 3. The van der Waals surface area contributed by atoms with Crippen molar-refractivity contribution in [1.29, 1.82) is 5.26 Å². The van der Waals surface area contributed by atoms with E-state index >= 15 is 0 Å². The Morgan fingerprint density at radius 1 is 1.29 bits per heavy atom. The van der Waals surface area contributed by atoms with Crippen LogP contribution in [-0.4, -0.2) is 4.98 Å². The molecule has 0 amide bonds. The molecule has 0 radical (unpaired) electrons. The Morgan fingerprint density at radius 2 is 2.12 bits per heavy atom. The smallest absolute Gasteiger partial charge is 0.144 e. The minimum atomic E-state index is -0.350. The van der Waals surface area contributed by atoms with Crippen LogP contribution in [0, 0.1) is 17.1 Å². The molecule has 0 aliphatic heterocycles. The molecule has 0 unspecified atom stereocenters. The minimum Gasteiger partial charge on any atom is -0.456 e. The highest BCUT2D eigenvalue weighted by Crippen LogP contribution is 2.30. The van der Waals surface area contributed by atoms with Gasteiger partial charge in [-0.05, 0) is 40.2 Å². The second-order valence-electron chi connectivity index (χ2n) is 3.17. The van der Waals surface area contributed by atoms with Crippen LogP contribution in [0.15, 0.2) is 41.0 Å². The predicted octanol–water partition coefficient (Wildman–Crippen LogP) is 3.65. The van der Waals surface area contributed by atoms with Crippen LogP contribution in [0.1, 0.15) is 5.69 Å². The van der Waals surface area contributed by atoms with Gasteiger partial charge in [-0.3, -0.25) is 0 Å². The second-order valence-corrected chi connectivity index (χ2v) is 4.02. The molecule has 1 aromatic carbocycles. The third-order valence-corrected chi connectivity index (χ3v) is 2.59. The number of ether oxygens (including phenoxy) is 1. The van der Waals surface area contributed by atoms with Crippen LogP contribution in [0.3, 0.4) is 0 Å². The molecule has 2 aromatic rings. The molecule has 0 spiro atoms. The Hall–Kier alpha value is -1.93. The van der Waals surface area contributed by atoms with E-state index in [1.165, 1.54) is 30.5 Å². The number of hydrogen-bond donors (Lipinski definition) is 0. The highest BCUT2D eigenvalue weighted by molar-refractivity contribution is 9.10. The molecule has 1 heterocycles. The van der Waals surface area contributed by atoms with Gasteiger partial charge in [0.2, 0.25) is 0 Å². The molecule has 0 saturated heterocycles. The van der Waals surface area contributed by atoms with Gasteiger partial charge in [0.1, 0.15) is 29.1 Å².